The van der Waals surface area contributed by atoms with Crippen LogP contribution in [0.25, 0.3) is 0 Å². The molecule has 1 unspecified atom stereocenters. The number of benzene rings is 2. The van der Waals surface area contributed by atoms with Gasteiger partial charge in [-0.05, 0) is 31.5 Å². The van der Waals surface area contributed by atoms with Gasteiger partial charge in [0.05, 0.1) is 13.2 Å². The van der Waals surface area contributed by atoms with Crippen molar-refractivity contribution in [2.45, 2.75) is 19.9 Å². The fraction of sp³-hybridized carbons (Fsp3) is 0.316. The molecule has 0 saturated carbocycles. The summed E-state index contributed by atoms with van der Waals surface area (Å²) in [6.07, 6.45) is 0. The first-order chi connectivity index (χ1) is 11.0. The maximum absolute atomic E-state index is 12.4. The first-order valence-corrected chi connectivity index (χ1v) is 7.61. The summed E-state index contributed by atoms with van der Waals surface area (Å²) in [5, 5.41) is 0. The zero-order valence-corrected chi connectivity index (χ0v) is 14.1. The standard InChI is InChI=1S/C19H23NO3/c1-14-9-11-16(12-10-14)15(2)20(3)19(21)13-23-18-8-6-5-7-17(18)22-4/h5-12,15H,13H2,1-4H3. The van der Waals surface area contributed by atoms with E-state index in [1.807, 2.05) is 38.1 Å². The molecule has 4 nitrogen and oxygen atoms in total. The molecule has 1 amide bonds. The van der Waals surface area contributed by atoms with Gasteiger partial charge in [0.1, 0.15) is 0 Å². The third-order valence-electron chi connectivity index (χ3n) is 3.95. The first kappa shape index (κ1) is 16.9. The quantitative estimate of drug-likeness (QED) is 0.818. The minimum atomic E-state index is -0.0796. The highest BCUT2D eigenvalue weighted by Crippen LogP contribution is 2.26. The van der Waals surface area contributed by atoms with Gasteiger partial charge in [-0.25, -0.2) is 0 Å². The van der Waals surface area contributed by atoms with E-state index in [9.17, 15) is 4.79 Å². The zero-order valence-electron chi connectivity index (χ0n) is 14.1. The lowest BCUT2D eigenvalue weighted by molar-refractivity contribution is -0.134. The number of ether oxygens (including phenoxy) is 2. The van der Waals surface area contributed by atoms with Gasteiger partial charge in [0.25, 0.3) is 5.91 Å². The molecular formula is C19H23NO3. The molecule has 0 fully saturated rings. The van der Waals surface area contributed by atoms with Crippen LogP contribution in [-0.4, -0.2) is 31.6 Å². The molecule has 23 heavy (non-hydrogen) atoms. The van der Waals surface area contributed by atoms with Gasteiger partial charge < -0.3 is 14.4 Å². The molecule has 0 aliphatic heterocycles. The number of methoxy groups -OCH3 is 1. The number of aryl methyl sites for hydroxylation is 1. The smallest absolute Gasteiger partial charge is 0.260 e. The number of carbonyl (C=O) groups excluding carboxylic acids is 1. The number of nitrogens with zero attached hydrogens (tertiary/aromatic N) is 1. The molecule has 0 aliphatic rings. The molecule has 0 aliphatic carbocycles. The maximum atomic E-state index is 12.4. The third kappa shape index (κ3) is 4.25. The minimum Gasteiger partial charge on any atom is -0.493 e. The number of hydrogen-bond donors (Lipinski definition) is 0. The van der Waals surface area contributed by atoms with Crippen LogP contribution < -0.4 is 9.47 Å². The molecule has 1 atom stereocenters. The summed E-state index contributed by atoms with van der Waals surface area (Å²) >= 11 is 0. The number of likely N-dealkylation sites (N-methyl/N-ethyl adjacent to an activating group) is 1. The Labute approximate surface area is 137 Å². The highest BCUT2D eigenvalue weighted by molar-refractivity contribution is 5.78. The Morgan fingerprint density at radius 3 is 2.30 bits per heavy atom. The Morgan fingerprint density at radius 1 is 1.09 bits per heavy atom. The first-order valence-electron chi connectivity index (χ1n) is 7.61. The fourth-order valence-electron chi connectivity index (χ4n) is 2.26. The van der Waals surface area contributed by atoms with Crippen LogP contribution in [0.3, 0.4) is 0 Å². The van der Waals surface area contributed by atoms with Crippen molar-refractivity contribution in [2.24, 2.45) is 0 Å². The Hall–Kier alpha value is -2.49. The van der Waals surface area contributed by atoms with Crippen molar-refractivity contribution in [3.05, 3.63) is 59.7 Å². The van der Waals surface area contributed by atoms with Crippen LogP contribution in [0.1, 0.15) is 24.1 Å². The van der Waals surface area contributed by atoms with E-state index >= 15 is 0 Å². The van der Waals surface area contributed by atoms with Crippen LogP contribution in [-0.2, 0) is 4.79 Å². The van der Waals surface area contributed by atoms with Gasteiger partial charge in [0.15, 0.2) is 18.1 Å². The van der Waals surface area contributed by atoms with Gasteiger partial charge >= 0.3 is 0 Å². The molecule has 4 heteroatoms. The van der Waals surface area contributed by atoms with Crippen molar-refractivity contribution in [2.75, 3.05) is 20.8 Å². The number of carbonyl (C=O) groups is 1. The molecule has 0 aromatic heterocycles. The minimum absolute atomic E-state index is 0.00984. The van der Waals surface area contributed by atoms with E-state index in [0.717, 1.165) is 5.56 Å². The van der Waals surface area contributed by atoms with Crippen molar-refractivity contribution >= 4 is 5.91 Å². The van der Waals surface area contributed by atoms with Gasteiger partial charge in [-0.3, -0.25) is 4.79 Å². The van der Waals surface area contributed by atoms with E-state index in [1.165, 1.54) is 5.56 Å². The second-order valence-electron chi connectivity index (χ2n) is 5.53. The second-order valence-corrected chi connectivity index (χ2v) is 5.53. The van der Waals surface area contributed by atoms with Crippen LogP contribution in [0.2, 0.25) is 0 Å². The average Bonchev–Trinajstić information content (AvgIpc) is 2.59. The van der Waals surface area contributed by atoms with Crippen molar-refractivity contribution in [1.82, 2.24) is 4.90 Å². The predicted molar refractivity (Wildman–Crippen MR) is 90.9 cm³/mol. The van der Waals surface area contributed by atoms with E-state index in [2.05, 4.69) is 12.1 Å². The van der Waals surface area contributed by atoms with Crippen LogP contribution in [0.15, 0.2) is 48.5 Å². The van der Waals surface area contributed by atoms with E-state index in [1.54, 1.807) is 31.2 Å². The lowest BCUT2D eigenvalue weighted by Gasteiger charge is -2.25. The largest absolute Gasteiger partial charge is 0.493 e. The average molecular weight is 313 g/mol. The van der Waals surface area contributed by atoms with Gasteiger partial charge in [0.2, 0.25) is 0 Å². The van der Waals surface area contributed by atoms with E-state index in [4.69, 9.17) is 9.47 Å². The van der Waals surface area contributed by atoms with Gasteiger partial charge in [-0.2, -0.15) is 0 Å². The lowest BCUT2D eigenvalue weighted by Crippen LogP contribution is -2.33. The number of hydrogen-bond acceptors (Lipinski definition) is 3. The predicted octanol–water partition coefficient (Wildman–Crippen LogP) is 3.60. The number of amides is 1. The highest BCUT2D eigenvalue weighted by Gasteiger charge is 2.18. The van der Waals surface area contributed by atoms with Gasteiger partial charge in [0, 0.05) is 7.05 Å². The summed E-state index contributed by atoms with van der Waals surface area (Å²) in [5.74, 6) is 1.11. The molecule has 2 rings (SSSR count). The van der Waals surface area contributed by atoms with E-state index < -0.39 is 0 Å². The second kappa shape index (κ2) is 7.68. The van der Waals surface area contributed by atoms with Gasteiger partial charge in [-0.1, -0.05) is 42.0 Å². The van der Waals surface area contributed by atoms with Crippen LogP contribution in [0.4, 0.5) is 0 Å². The summed E-state index contributed by atoms with van der Waals surface area (Å²) < 4.78 is 10.8. The van der Waals surface area contributed by atoms with Crippen molar-refractivity contribution in [3.8, 4) is 11.5 Å². The Kier molecular flexibility index (Phi) is 5.63. The van der Waals surface area contributed by atoms with Crippen LogP contribution >= 0.6 is 0 Å². The van der Waals surface area contributed by atoms with E-state index in [0.29, 0.717) is 11.5 Å². The Balaban J connectivity index is 1.98. The molecule has 0 bridgehead atoms. The molecular weight excluding hydrogens is 290 g/mol. The summed E-state index contributed by atoms with van der Waals surface area (Å²) in [6.45, 7) is 4.03. The van der Waals surface area contributed by atoms with Crippen molar-refractivity contribution in [1.29, 1.82) is 0 Å². The summed E-state index contributed by atoms with van der Waals surface area (Å²) in [7, 11) is 3.37. The van der Waals surface area contributed by atoms with Crippen LogP contribution in [0, 0.1) is 6.92 Å². The molecule has 0 N–H and O–H groups in total. The molecule has 0 spiro atoms. The molecule has 0 heterocycles. The monoisotopic (exact) mass is 313 g/mol. The molecule has 0 radical (unpaired) electrons. The molecule has 0 saturated heterocycles. The molecule has 2 aromatic carbocycles. The summed E-state index contributed by atoms with van der Waals surface area (Å²) in [4.78, 5) is 14.1. The summed E-state index contributed by atoms with van der Waals surface area (Å²) in [5.41, 5.74) is 2.30. The fourth-order valence-corrected chi connectivity index (χ4v) is 2.26. The molecule has 2 aromatic rings. The maximum Gasteiger partial charge on any atom is 0.260 e. The van der Waals surface area contributed by atoms with Gasteiger partial charge in [-0.15, -0.1) is 0 Å². The zero-order chi connectivity index (χ0) is 16.8. The highest BCUT2D eigenvalue weighted by atomic mass is 16.5. The number of para-hydroxylation sites is 2. The normalized spacial score (nSPS) is 11.7. The summed E-state index contributed by atoms with van der Waals surface area (Å²) in [6, 6.07) is 15.5. The number of rotatable bonds is 6. The third-order valence-corrected chi connectivity index (χ3v) is 3.95. The Morgan fingerprint density at radius 2 is 1.70 bits per heavy atom. The van der Waals surface area contributed by atoms with Crippen molar-refractivity contribution < 1.29 is 14.3 Å². The lowest BCUT2D eigenvalue weighted by atomic mass is 10.1. The Bertz CT molecular complexity index is 652. The van der Waals surface area contributed by atoms with Crippen molar-refractivity contribution in [3.63, 3.8) is 0 Å². The SMILES string of the molecule is COc1ccccc1OCC(=O)N(C)C(C)c1ccc(C)cc1. The molecule has 122 valence electrons. The topological polar surface area (TPSA) is 38.8 Å². The van der Waals surface area contributed by atoms with E-state index in [-0.39, 0.29) is 18.6 Å². The van der Waals surface area contributed by atoms with Crippen LogP contribution in [0.5, 0.6) is 11.5 Å².